The molecule has 1 saturated carbocycles. The van der Waals surface area contributed by atoms with Gasteiger partial charge in [-0.15, -0.1) is 0 Å². The predicted molar refractivity (Wildman–Crippen MR) is 147 cm³/mol. The second-order valence-electron chi connectivity index (χ2n) is 10.5. The summed E-state index contributed by atoms with van der Waals surface area (Å²) in [4.78, 5) is 41.9. The van der Waals surface area contributed by atoms with Gasteiger partial charge in [0.25, 0.3) is 5.91 Å². The zero-order valence-electron chi connectivity index (χ0n) is 22.1. The number of hydrogen-bond acceptors (Lipinski definition) is 6. The summed E-state index contributed by atoms with van der Waals surface area (Å²) in [6.07, 6.45) is 1.68. The van der Waals surface area contributed by atoms with Gasteiger partial charge in [-0.05, 0) is 82.7 Å². The summed E-state index contributed by atoms with van der Waals surface area (Å²) in [6.45, 7) is 9.04. The number of anilines is 1. The van der Waals surface area contributed by atoms with Crippen molar-refractivity contribution in [3.05, 3.63) is 59.2 Å². The maximum atomic E-state index is 14.0. The van der Waals surface area contributed by atoms with Crippen molar-refractivity contribution in [1.82, 2.24) is 10.2 Å². The number of hydrogen-bond donors (Lipinski definition) is 4. The minimum atomic E-state index is -0.994. The number of phenols is 1. The number of para-hydroxylation sites is 1. The van der Waals surface area contributed by atoms with Gasteiger partial charge in [0.2, 0.25) is 5.91 Å². The summed E-state index contributed by atoms with van der Waals surface area (Å²) >= 11 is 4.33. The molecule has 0 bridgehead atoms. The lowest BCUT2D eigenvalue weighted by atomic mass is 9.88. The Morgan fingerprint density at radius 2 is 1.68 bits per heavy atom. The third-order valence-corrected chi connectivity index (χ3v) is 6.72. The van der Waals surface area contributed by atoms with E-state index in [1.807, 2.05) is 32.0 Å². The summed E-state index contributed by atoms with van der Waals surface area (Å²) < 4.78 is 5.35. The van der Waals surface area contributed by atoms with Crippen molar-refractivity contribution >= 4 is 36.2 Å². The molecule has 0 radical (unpaired) electrons. The summed E-state index contributed by atoms with van der Waals surface area (Å²) in [7, 11) is 0. The van der Waals surface area contributed by atoms with Crippen LogP contribution < -0.4 is 10.6 Å². The van der Waals surface area contributed by atoms with Crippen molar-refractivity contribution in [2.75, 3.05) is 11.1 Å². The van der Waals surface area contributed by atoms with Gasteiger partial charge in [0.15, 0.2) is 0 Å². The summed E-state index contributed by atoms with van der Waals surface area (Å²) in [5.41, 5.74) is 2.31. The first-order chi connectivity index (χ1) is 17.4. The van der Waals surface area contributed by atoms with Crippen molar-refractivity contribution in [1.29, 1.82) is 0 Å². The van der Waals surface area contributed by atoms with E-state index in [2.05, 4.69) is 23.3 Å². The molecular weight excluding hydrogens is 490 g/mol. The number of rotatable bonds is 8. The van der Waals surface area contributed by atoms with Gasteiger partial charge < -0.3 is 25.4 Å². The molecular formula is C28H37N3O5S. The van der Waals surface area contributed by atoms with Crippen molar-refractivity contribution in [3.8, 4) is 5.75 Å². The Bertz CT molecular complexity index is 1110. The van der Waals surface area contributed by atoms with E-state index in [1.54, 1.807) is 37.8 Å². The van der Waals surface area contributed by atoms with Crippen LogP contribution in [0.5, 0.6) is 5.75 Å². The number of carbonyl (C=O) groups is 3. The van der Waals surface area contributed by atoms with E-state index in [4.69, 9.17) is 4.74 Å². The fraction of sp³-hybridized carbons (Fsp3) is 0.464. The molecule has 3 N–H and O–H groups in total. The number of aryl methyl sites for hydroxylation is 2. The number of alkyl carbamates (subject to hydrolysis) is 1. The highest BCUT2D eigenvalue weighted by atomic mass is 32.1. The van der Waals surface area contributed by atoms with Crippen LogP contribution in [0.15, 0.2) is 42.5 Å². The van der Waals surface area contributed by atoms with Crippen molar-refractivity contribution in [2.24, 2.45) is 0 Å². The number of phenolic OH excluding ortho intramolecular Hbond substituents is 1. The smallest absolute Gasteiger partial charge is 0.408 e. The molecule has 0 heterocycles. The van der Waals surface area contributed by atoms with Crippen LogP contribution in [-0.4, -0.2) is 51.4 Å². The number of ether oxygens (including phenoxy) is 1. The monoisotopic (exact) mass is 527 g/mol. The maximum Gasteiger partial charge on any atom is 0.408 e. The first-order valence-electron chi connectivity index (χ1n) is 12.5. The van der Waals surface area contributed by atoms with E-state index < -0.39 is 29.7 Å². The van der Waals surface area contributed by atoms with E-state index in [9.17, 15) is 19.5 Å². The van der Waals surface area contributed by atoms with Crippen molar-refractivity contribution in [3.63, 3.8) is 0 Å². The van der Waals surface area contributed by atoms with Crippen LogP contribution in [0.25, 0.3) is 0 Å². The minimum absolute atomic E-state index is 0.0299. The first kappa shape index (κ1) is 28.4. The average Bonchev–Trinajstić information content (AvgIpc) is 2.78. The number of aromatic hydroxyl groups is 1. The fourth-order valence-corrected chi connectivity index (χ4v) is 4.54. The lowest BCUT2D eigenvalue weighted by Crippen LogP contribution is -2.57. The van der Waals surface area contributed by atoms with Gasteiger partial charge in [-0.25, -0.2) is 4.79 Å². The number of benzene rings is 2. The molecule has 1 aliphatic carbocycles. The Kier molecular flexibility index (Phi) is 9.12. The van der Waals surface area contributed by atoms with Crippen LogP contribution in [0, 0.1) is 13.8 Å². The highest BCUT2D eigenvalue weighted by Crippen LogP contribution is 2.35. The molecule has 1 fully saturated rings. The molecule has 2 atom stereocenters. The molecule has 2 aromatic rings. The molecule has 2 aromatic carbocycles. The second kappa shape index (κ2) is 11.9. The van der Waals surface area contributed by atoms with E-state index in [0.29, 0.717) is 11.3 Å². The second-order valence-corrected chi connectivity index (χ2v) is 10.8. The largest absolute Gasteiger partial charge is 0.508 e. The fourth-order valence-electron chi connectivity index (χ4n) is 4.30. The molecule has 2 unspecified atom stereocenters. The lowest BCUT2D eigenvalue weighted by molar-refractivity contribution is -0.145. The van der Waals surface area contributed by atoms with Gasteiger partial charge in [0, 0.05) is 17.5 Å². The minimum Gasteiger partial charge on any atom is -0.508 e. The quantitative estimate of drug-likeness (QED) is 0.366. The Labute approximate surface area is 224 Å². The summed E-state index contributed by atoms with van der Waals surface area (Å²) in [5, 5.41) is 15.5. The number of nitrogens with one attached hydrogen (secondary N) is 2. The molecule has 8 nitrogen and oxygen atoms in total. The van der Waals surface area contributed by atoms with E-state index >= 15 is 0 Å². The molecule has 9 heteroatoms. The zero-order valence-corrected chi connectivity index (χ0v) is 23.0. The van der Waals surface area contributed by atoms with Crippen molar-refractivity contribution < 1.29 is 24.2 Å². The highest BCUT2D eigenvalue weighted by Gasteiger charge is 2.42. The molecule has 3 rings (SSSR count). The van der Waals surface area contributed by atoms with Gasteiger partial charge in [-0.2, -0.15) is 12.6 Å². The number of amides is 3. The molecule has 0 aromatic heterocycles. The molecule has 37 heavy (non-hydrogen) atoms. The third kappa shape index (κ3) is 7.19. The maximum absolute atomic E-state index is 14.0. The number of carbonyl (C=O) groups excluding carboxylic acids is 3. The number of nitrogens with zero attached hydrogens (tertiary/aromatic N) is 1. The predicted octanol–water partition coefficient (Wildman–Crippen LogP) is 4.89. The summed E-state index contributed by atoms with van der Waals surface area (Å²) in [6, 6.07) is 9.84. The Balaban J connectivity index is 2.00. The third-order valence-electron chi connectivity index (χ3n) is 6.36. The molecule has 0 saturated heterocycles. The average molecular weight is 528 g/mol. The topological polar surface area (TPSA) is 108 Å². The van der Waals surface area contributed by atoms with E-state index in [0.717, 1.165) is 30.4 Å². The summed E-state index contributed by atoms with van der Waals surface area (Å²) in [5.74, 6) is -0.708. The van der Waals surface area contributed by atoms with E-state index in [1.165, 1.54) is 12.1 Å². The Morgan fingerprint density at radius 3 is 2.16 bits per heavy atom. The molecule has 0 aliphatic heterocycles. The number of thiol groups is 1. The van der Waals surface area contributed by atoms with Gasteiger partial charge in [-0.1, -0.05) is 30.3 Å². The van der Waals surface area contributed by atoms with Crippen LogP contribution in [0.4, 0.5) is 10.5 Å². The SMILES string of the molecule is Cc1cccc(C)c1NC(=O)C(c1ccc(O)cc1)N(C(=O)C(CS)NC(=O)OC(C)(C)C)C1CCC1. The van der Waals surface area contributed by atoms with Crippen LogP contribution in [0.3, 0.4) is 0 Å². The normalized spacial score (nSPS) is 15.2. The standard InChI is InChI=1S/C28H37N3O5S/c1-17-8-6-9-18(2)23(17)30-25(33)24(19-12-14-21(32)15-13-19)31(20-10-7-11-20)26(34)22(16-37)29-27(35)36-28(3,4)5/h6,8-9,12-15,20,22,24,32,37H,7,10-11,16H2,1-5H3,(H,29,35)(H,30,33). The zero-order chi connectivity index (χ0) is 27.3. The van der Waals surface area contributed by atoms with E-state index in [-0.39, 0.29) is 23.5 Å². The van der Waals surface area contributed by atoms with Gasteiger partial charge in [-0.3, -0.25) is 9.59 Å². The van der Waals surface area contributed by atoms with Crippen LogP contribution >= 0.6 is 12.6 Å². The van der Waals surface area contributed by atoms with Crippen molar-refractivity contribution in [2.45, 2.75) is 77.6 Å². The Hall–Kier alpha value is -3.20. The lowest BCUT2D eigenvalue weighted by Gasteiger charge is -2.43. The molecule has 3 amide bonds. The van der Waals surface area contributed by atoms with Crippen LogP contribution in [0.2, 0.25) is 0 Å². The van der Waals surface area contributed by atoms with Crippen LogP contribution in [-0.2, 0) is 14.3 Å². The molecule has 1 aliphatic rings. The van der Waals surface area contributed by atoms with Crippen LogP contribution in [0.1, 0.15) is 62.8 Å². The van der Waals surface area contributed by atoms with Gasteiger partial charge in [0.1, 0.15) is 23.4 Å². The first-order valence-corrected chi connectivity index (χ1v) is 13.1. The molecule has 200 valence electrons. The highest BCUT2D eigenvalue weighted by molar-refractivity contribution is 7.80. The Morgan fingerprint density at radius 1 is 1.08 bits per heavy atom. The van der Waals surface area contributed by atoms with Gasteiger partial charge in [0.05, 0.1) is 0 Å². The molecule has 0 spiro atoms. The van der Waals surface area contributed by atoms with Gasteiger partial charge >= 0.3 is 6.09 Å².